The molecule has 4 atom stereocenters. The first-order valence-corrected chi connectivity index (χ1v) is 13.0. The molecular formula is C26H33O2P. The summed E-state index contributed by atoms with van der Waals surface area (Å²) in [5, 5.41) is 1.94. The highest BCUT2D eigenvalue weighted by molar-refractivity contribution is 7.78. The molecule has 3 heteroatoms. The zero-order valence-corrected chi connectivity index (χ0v) is 18.6. The van der Waals surface area contributed by atoms with E-state index in [0.29, 0.717) is 23.5 Å². The van der Waals surface area contributed by atoms with Gasteiger partial charge in [0.1, 0.15) is 12.9 Å². The molecule has 0 bridgehead atoms. The van der Waals surface area contributed by atoms with Crippen LogP contribution in [0, 0.1) is 23.2 Å². The van der Waals surface area contributed by atoms with Crippen molar-refractivity contribution in [2.45, 2.75) is 52.4 Å². The Hall–Kier alpha value is -1.66. The fourth-order valence-corrected chi connectivity index (χ4v) is 9.01. The van der Waals surface area contributed by atoms with Gasteiger partial charge in [0.15, 0.2) is 0 Å². The molecule has 2 aliphatic rings. The number of fused-ring (bicyclic) bond motifs is 1. The number of carbonyl (C=O) groups excluding carboxylic acids is 1. The maximum absolute atomic E-state index is 14.3. The molecule has 0 unspecified atom stereocenters. The van der Waals surface area contributed by atoms with Gasteiger partial charge in [-0.15, -0.1) is 0 Å². The highest BCUT2D eigenvalue weighted by atomic mass is 31.2. The first kappa shape index (κ1) is 20.6. The van der Waals surface area contributed by atoms with Crippen LogP contribution < -0.4 is 10.6 Å². The number of rotatable bonds is 6. The van der Waals surface area contributed by atoms with E-state index >= 15 is 0 Å². The van der Waals surface area contributed by atoms with Crippen LogP contribution in [-0.2, 0) is 9.36 Å². The summed E-state index contributed by atoms with van der Waals surface area (Å²) >= 11 is 0. The largest absolute Gasteiger partial charge is 0.314 e. The average Bonchev–Trinajstić information content (AvgIpc) is 3.09. The second kappa shape index (κ2) is 8.23. The van der Waals surface area contributed by atoms with Gasteiger partial charge in [0, 0.05) is 29.6 Å². The van der Waals surface area contributed by atoms with Crippen LogP contribution in [0.25, 0.3) is 0 Å². The normalized spacial score (nSPS) is 28.1. The molecule has 0 aromatic heterocycles. The molecule has 0 amide bonds. The molecular weight excluding hydrogens is 375 g/mol. The van der Waals surface area contributed by atoms with Gasteiger partial charge in [0.25, 0.3) is 0 Å². The van der Waals surface area contributed by atoms with Crippen molar-refractivity contribution in [1.29, 1.82) is 0 Å². The Labute approximate surface area is 175 Å². The highest BCUT2D eigenvalue weighted by Crippen LogP contribution is 2.58. The van der Waals surface area contributed by atoms with Gasteiger partial charge in [-0.25, -0.2) is 0 Å². The topological polar surface area (TPSA) is 34.1 Å². The third kappa shape index (κ3) is 3.89. The molecule has 0 heterocycles. The van der Waals surface area contributed by atoms with Gasteiger partial charge < -0.3 is 4.57 Å². The summed E-state index contributed by atoms with van der Waals surface area (Å²) in [5.74, 6) is 2.18. The zero-order valence-electron chi connectivity index (χ0n) is 17.7. The predicted molar refractivity (Wildman–Crippen MR) is 122 cm³/mol. The highest BCUT2D eigenvalue weighted by Gasteiger charge is 2.50. The van der Waals surface area contributed by atoms with Gasteiger partial charge >= 0.3 is 0 Å². The van der Waals surface area contributed by atoms with Crippen LogP contribution in [0.2, 0.25) is 0 Å². The summed E-state index contributed by atoms with van der Waals surface area (Å²) in [6, 6.07) is 20.1. The van der Waals surface area contributed by atoms with E-state index < -0.39 is 7.14 Å². The zero-order chi connectivity index (χ0) is 20.5. The van der Waals surface area contributed by atoms with Gasteiger partial charge in [0.2, 0.25) is 0 Å². The molecule has 2 aromatic carbocycles. The Morgan fingerprint density at radius 3 is 2.17 bits per heavy atom. The number of Topliss-reactive ketones (excluding diaryl/α,β-unsaturated/α-hetero) is 1. The molecule has 2 saturated carbocycles. The lowest BCUT2D eigenvalue weighted by atomic mass is 9.62. The van der Waals surface area contributed by atoms with E-state index in [4.69, 9.17) is 0 Å². The smallest absolute Gasteiger partial charge is 0.143 e. The Kier molecular flexibility index (Phi) is 5.85. The molecule has 0 aliphatic heterocycles. The van der Waals surface area contributed by atoms with Gasteiger partial charge in [0.05, 0.1) is 0 Å². The van der Waals surface area contributed by atoms with Crippen molar-refractivity contribution in [3.63, 3.8) is 0 Å². The van der Waals surface area contributed by atoms with Gasteiger partial charge in [-0.05, 0) is 48.9 Å². The van der Waals surface area contributed by atoms with E-state index in [1.165, 1.54) is 12.8 Å². The molecule has 4 rings (SSSR count). The lowest BCUT2D eigenvalue weighted by Crippen LogP contribution is -2.37. The van der Waals surface area contributed by atoms with Crippen LogP contribution in [-0.4, -0.2) is 11.9 Å². The fraction of sp³-hybridized carbons (Fsp3) is 0.500. The lowest BCUT2D eigenvalue weighted by Gasteiger charge is -2.42. The molecule has 0 spiro atoms. The lowest BCUT2D eigenvalue weighted by molar-refractivity contribution is -0.125. The molecule has 2 aromatic rings. The van der Waals surface area contributed by atoms with Crippen molar-refractivity contribution in [1.82, 2.24) is 0 Å². The van der Waals surface area contributed by atoms with E-state index in [1.807, 2.05) is 60.7 Å². The summed E-state index contributed by atoms with van der Waals surface area (Å²) in [6.07, 6.45) is 6.68. The standard InChI is InChI=1S/C26H33O2P/c1-20(25-14-13-21-19-22(27)15-17-26(21,25)2)16-18-29(28,23-9-5-3-6-10-23)24-11-7-4-8-12-24/h3-12,20-21,25H,13-19H2,1-2H3/t20-,21-,25-,26+/m1/s1. The van der Waals surface area contributed by atoms with Crippen LogP contribution in [0.1, 0.15) is 52.4 Å². The first-order chi connectivity index (χ1) is 13.9. The molecule has 0 N–H and O–H groups in total. The van der Waals surface area contributed by atoms with E-state index in [9.17, 15) is 9.36 Å². The number of carbonyl (C=O) groups is 1. The van der Waals surface area contributed by atoms with Crippen molar-refractivity contribution in [2.24, 2.45) is 23.2 Å². The maximum Gasteiger partial charge on any atom is 0.143 e. The number of hydrogen-bond donors (Lipinski definition) is 0. The third-order valence-corrected chi connectivity index (χ3v) is 11.1. The van der Waals surface area contributed by atoms with E-state index in [1.54, 1.807) is 0 Å². The number of ketones is 1. The minimum atomic E-state index is -2.64. The van der Waals surface area contributed by atoms with Crippen molar-refractivity contribution < 1.29 is 9.36 Å². The summed E-state index contributed by atoms with van der Waals surface area (Å²) in [4.78, 5) is 12.0. The number of hydrogen-bond acceptors (Lipinski definition) is 2. The van der Waals surface area contributed by atoms with E-state index in [0.717, 1.165) is 42.5 Å². The van der Waals surface area contributed by atoms with E-state index in [2.05, 4.69) is 13.8 Å². The fourth-order valence-electron chi connectivity index (χ4n) is 6.12. The average molecular weight is 409 g/mol. The summed E-state index contributed by atoms with van der Waals surface area (Å²) in [6.45, 7) is 4.78. The Bertz CT molecular complexity index is 848. The molecule has 2 aliphatic carbocycles. The maximum atomic E-state index is 14.3. The van der Waals surface area contributed by atoms with Crippen LogP contribution in [0.15, 0.2) is 60.7 Å². The van der Waals surface area contributed by atoms with Gasteiger partial charge in [-0.1, -0.05) is 74.5 Å². The summed E-state index contributed by atoms with van der Waals surface area (Å²) < 4.78 is 14.3. The minimum Gasteiger partial charge on any atom is -0.314 e. The van der Waals surface area contributed by atoms with Crippen LogP contribution in [0.5, 0.6) is 0 Å². The molecule has 29 heavy (non-hydrogen) atoms. The van der Waals surface area contributed by atoms with Crippen molar-refractivity contribution in [3.05, 3.63) is 60.7 Å². The van der Waals surface area contributed by atoms with Crippen molar-refractivity contribution in [2.75, 3.05) is 6.16 Å². The minimum absolute atomic E-state index is 0.289. The van der Waals surface area contributed by atoms with Gasteiger partial charge in [-0.2, -0.15) is 0 Å². The van der Waals surface area contributed by atoms with Crippen LogP contribution in [0.3, 0.4) is 0 Å². The molecule has 2 nitrogen and oxygen atoms in total. The van der Waals surface area contributed by atoms with Crippen LogP contribution in [0.4, 0.5) is 0 Å². The Morgan fingerprint density at radius 2 is 1.59 bits per heavy atom. The van der Waals surface area contributed by atoms with E-state index in [-0.39, 0.29) is 5.41 Å². The molecule has 154 valence electrons. The van der Waals surface area contributed by atoms with Crippen molar-refractivity contribution in [3.8, 4) is 0 Å². The van der Waals surface area contributed by atoms with Gasteiger partial charge in [-0.3, -0.25) is 4.79 Å². The summed E-state index contributed by atoms with van der Waals surface area (Å²) in [5.41, 5.74) is 0.289. The SMILES string of the molecule is C[C@H](CCP(=O)(c1ccccc1)c1ccccc1)[C@H]1CC[C@@H]2CC(=O)CC[C@@]21C. The Morgan fingerprint density at radius 1 is 1.00 bits per heavy atom. The first-order valence-electron chi connectivity index (χ1n) is 11.2. The summed E-state index contributed by atoms with van der Waals surface area (Å²) in [7, 11) is -2.64. The van der Waals surface area contributed by atoms with Crippen molar-refractivity contribution >= 4 is 23.5 Å². The molecule has 0 saturated heterocycles. The molecule has 2 fully saturated rings. The second-order valence-electron chi connectivity index (χ2n) is 9.53. The third-order valence-electron chi connectivity index (χ3n) is 7.96. The quantitative estimate of drug-likeness (QED) is 0.565. The van der Waals surface area contributed by atoms with Crippen LogP contribution >= 0.6 is 7.14 Å². The number of benzene rings is 2. The Balaban J connectivity index is 1.54. The monoisotopic (exact) mass is 408 g/mol. The second-order valence-corrected chi connectivity index (χ2v) is 12.5. The molecule has 0 radical (unpaired) electrons. The predicted octanol–water partition coefficient (Wildman–Crippen LogP) is 5.81.